The second-order valence-electron chi connectivity index (χ2n) is 6.17. The van der Waals surface area contributed by atoms with Crippen LogP contribution in [-0.4, -0.2) is 26.3 Å². The third kappa shape index (κ3) is 2.78. The maximum Gasteiger partial charge on any atom is 0.0488 e. The lowest BCUT2D eigenvalue weighted by molar-refractivity contribution is 0.0175. The Morgan fingerprint density at radius 2 is 1.94 bits per heavy atom. The largest absolute Gasteiger partial charge is 0.381 e. The minimum absolute atomic E-state index is 0.605. The molecule has 1 heterocycles. The first kappa shape index (κ1) is 12.4. The van der Waals surface area contributed by atoms with Gasteiger partial charge in [-0.3, -0.25) is 0 Å². The highest BCUT2D eigenvalue weighted by Gasteiger charge is 2.44. The summed E-state index contributed by atoms with van der Waals surface area (Å²) in [7, 11) is 0. The van der Waals surface area contributed by atoms with E-state index in [0.29, 0.717) is 11.3 Å². The molecule has 94 valence electrons. The van der Waals surface area contributed by atoms with Gasteiger partial charge < -0.3 is 10.1 Å². The Balaban J connectivity index is 1.72. The smallest absolute Gasteiger partial charge is 0.0488 e. The van der Waals surface area contributed by atoms with Gasteiger partial charge >= 0.3 is 0 Å². The molecule has 0 radical (unpaired) electrons. The van der Waals surface area contributed by atoms with E-state index in [1.165, 1.54) is 45.2 Å². The first-order valence-corrected chi connectivity index (χ1v) is 7.01. The van der Waals surface area contributed by atoms with Crippen molar-refractivity contribution in [2.45, 2.75) is 46.0 Å². The van der Waals surface area contributed by atoms with E-state index in [1.807, 2.05) is 0 Å². The van der Waals surface area contributed by atoms with Crippen LogP contribution in [-0.2, 0) is 4.74 Å². The topological polar surface area (TPSA) is 21.3 Å². The van der Waals surface area contributed by atoms with Gasteiger partial charge in [0.05, 0.1) is 0 Å². The van der Waals surface area contributed by atoms with Crippen molar-refractivity contribution >= 4 is 0 Å². The van der Waals surface area contributed by atoms with Crippen LogP contribution in [0.3, 0.4) is 0 Å². The van der Waals surface area contributed by atoms with E-state index in [2.05, 4.69) is 19.2 Å². The Hall–Kier alpha value is -0.0800. The Morgan fingerprint density at radius 1 is 1.25 bits per heavy atom. The quantitative estimate of drug-likeness (QED) is 0.702. The van der Waals surface area contributed by atoms with Crippen molar-refractivity contribution < 1.29 is 4.74 Å². The van der Waals surface area contributed by atoms with E-state index in [4.69, 9.17) is 4.74 Å². The molecule has 1 N–H and O–H groups in total. The number of hydrogen-bond acceptors (Lipinski definition) is 2. The van der Waals surface area contributed by atoms with Crippen LogP contribution in [0.5, 0.6) is 0 Å². The molecule has 0 aromatic rings. The summed E-state index contributed by atoms with van der Waals surface area (Å²) in [5, 5.41) is 3.47. The summed E-state index contributed by atoms with van der Waals surface area (Å²) in [5.41, 5.74) is 0.605. The highest BCUT2D eigenvalue weighted by atomic mass is 16.5. The fraction of sp³-hybridized carbons (Fsp3) is 1.00. The minimum atomic E-state index is 0.605. The lowest BCUT2D eigenvalue weighted by Gasteiger charge is -2.47. The Morgan fingerprint density at radius 3 is 2.44 bits per heavy atom. The average Bonchev–Trinajstić information content (AvgIpc) is 2.68. The number of ether oxygens (including phenoxy) is 1. The zero-order valence-electron chi connectivity index (χ0n) is 10.9. The van der Waals surface area contributed by atoms with Crippen LogP contribution in [0, 0.1) is 17.3 Å². The van der Waals surface area contributed by atoms with Gasteiger partial charge in [0.2, 0.25) is 0 Å². The van der Waals surface area contributed by atoms with Crippen molar-refractivity contribution in [3.05, 3.63) is 0 Å². The normalized spacial score (nSPS) is 24.9. The average molecular weight is 225 g/mol. The van der Waals surface area contributed by atoms with Gasteiger partial charge in [0.15, 0.2) is 0 Å². The molecular weight excluding hydrogens is 198 g/mol. The van der Waals surface area contributed by atoms with E-state index in [9.17, 15) is 0 Å². The maximum absolute atomic E-state index is 5.76. The molecule has 1 saturated heterocycles. The predicted octanol–water partition coefficient (Wildman–Crippen LogP) is 2.83. The first-order chi connectivity index (χ1) is 7.73. The third-order valence-corrected chi connectivity index (χ3v) is 4.37. The molecule has 0 amide bonds. The molecular formula is C14H27NO. The molecule has 0 unspecified atom stereocenters. The van der Waals surface area contributed by atoms with Crippen LogP contribution in [0.25, 0.3) is 0 Å². The fourth-order valence-electron chi connectivity index (χ4n) is 3.25. The highest BCUT2D eigenvalue weighted by Crippen LogP contribution is 2.44. The van der Waals surface area contributed by atoms with Crippen LogP contribution in [0.2, 0.25) is 0 Å². The lowest BCUT2D eigenvalue weighted by atomic mass is 9.68. The van der Waals surface area contributed by atoms with Gasteiger partial charge in [0.1, 0.15) is 0 Å². The van der Waals surface area contributed by atoms with Crippen molar-refractivity contribution in [1.82, 2.24) is 5.32 Å². The molecule has 1 saturated carbocycles. The van der Waals surface area contributed by atoms with Crippen molar-refractivity contribution in [2.24, 2.45) is 17.3 Å². The van der Waals surface area contributed by atoms with E-state index in [1.54, 1.807) is 0 Å². The molecule has 0 aromatic carbocycles. The molecule has 0 spiro atoms. The molecule has 1 aliphatic heterocycles. The van der Waals surface area contributed by atoms with Gasteiger partial charge in [-0.25, -0.2) is 0 Å². The monoisotopic (exact) mass is 225 g/mol. The molecule has 0 atom stereocenters. The van der Waals surface area contributed by atoms with Crippen molar-refractivity contribution in [3.63, 3.8) is 0 Å². The van der Waals surface area contributed by atoms with Gasteiger partial charge in [-0.05, 0) is 31.1 Å². The fourth-order valence-corrected chi connectivity index (χ4v) is 3.25. The van der Waals surface area contributed by atoms with Crippen LogP contribution < -0.4 is 5.32 Å². The molecule has 2 aliphatic rings. The molecule has 1 aliphatic carbocycles. The van der Waals surface area contributed by atoms with E-state index in [-0.39, 0.29) is 0 Å². The molecule has 2 rings (SSSR count). The Kier molecular flexibility index (Phi) is 4.26. The summed E-state index contributed by atoms with van der Waals surface area (Å²) in [6.45, 7) is 8.81. The molecule has 2 nitrogen and oxygen atoms in total. The van der Waals surface area contributed by atoms with E-state index >= 15 is 0 Å². The lowest BCUT2D eigenvalue weighted by Crippen LogP contribution is -2.57. The number of nitrogens with one attached hydrogen (secondary N) is 1. The van der Waals surface area contributed by atoms with E-state index in [0.717, 1.165) is 19.1 Å². The van der Waals surface area contributed by atoms with Gasteiger partial charge in [-0.2, -0.15) is 0 Å². The second kappa shape index (κ2) is 5.50. The first-order valence-electron chi connectivity index (χ1n) is 7.01. The second-order valence-corrected chi connectivity index (χ2v) is 6.17. The SMILES string of the molecule is CC(C)COCCC1(C2CCCC2)CNC1. The van der Waals surface area contributed by atoms with Crippen molar-refractivity contribution in [2.75, 3.05) is 26.3 Å². The third-order valence-electron chi connectivity index (χ3n) is 4.37. The molecule has 2 heteroatoms. The Bertz CT molecular complexity index is 205. The summed E-state index contributed by atoms with van der Waals surface area (Å²) in [6.07, 6.45) is 7.12. The van der Waals surface area contributed by atoms with Crippen LogP contribution in [0.4, 0.5) is 0 Å². The van der Waals surface area contributed by atoms with Gasteiger partial charge in [-0.15, -0.1) is 0 Å². The summed E-state index contributed by atoms with van der Waals surface area (Å²) in [4.78, 5) is 0. The van der Waals surface area contributed by atoms with E-state index < -0.39 is 0 Å². The molecule has 16 heavy (non-hydrogen) atoms. The van der Waals surface area contributed by atoms with Gasteiger partial charge in [0.25, 0.3) is 0 Å². The summed E-state index contributed by atoms with van der Waals surface area (Å²) >= 11 is 0. The maximum atomic E-state index is 5.76. The zero-order valence-corrected chi connectivity index (χ0v) is 10.9. The molecule has 0 aromatic heterocycles. The summed E-state index contributed by atoms with van der Waals surface area (Å²) in [6, 6.07) is 0. The van der Waals surface area contributed by atoms with Crippen molar-refractivity contribution in [3.8, 4) is 0 Å². The van der Waals surface area contributed by atoms with Crippen LogP contribution >= 0.6 is 0 Å². The minimum Gasteiger partial charge on any atom is -0.381 e. The summed E-state index contributed by atoms with van der Waals surface area (Å²) in [5.74, 6) is 1.65. The standard InChI is InChI=1S/C14H27NO/c1-12(2)9-16-8-7-14(10-15-11-14)13-5-3-4-6-13/h12-13,15H,3-11H2,1-2H3. The Labute approximate surface area is 100 Å². The number of rotatable bonds is 6. The number of hydrogen-bond donors (Lipinski definition) is 1. The predicted molar refractivity (Wildman–Crippen MR) is 67.5 cm³/mol. The highest BCUT2D eigenvalue weighted by molar-refractivity contribution is 4.98. The zero-order chi connectivity index (χ0) is 11.4. The van der Waals surface area contributed by atoms with Gasteiger partial charge in [-0.1, -0.05) is 26.7 Å². The van der Waals surface area contributed by atoms with Gasteiger partial charge in [0, 0.05) is 31.7 Å². The molecule has 2 fully saturated rings. The summed E-state index contributed by atoms with van der Waals surface area (Å²) < 4.78 is 5.76. The molecule has 0 bridgehead atoms. The van der Waals surface area contributed by atoms with Crippen LogP contribution in [0.15, 0.2) is 0 Å². The van der Waals surface area contributed by atoms with Crippen LogP contribution in [0.1, 0.15) is 46.0 Å². The van der Waals surface area contributed by atoms with Crippen molar-refractivity contribution in [1.29, 1.82) is 0 Å².